The number of nitrogens with two attached hydrogens (primary N) is 1. The fourth-order valence-electron chi connectivity index (χ4n) is 8.16. The van der Waals surface area contributed by atoms with E-state index in [0.29, 0.717) is 42.2 Å². The van der Waals surface area contributed by atoms with Crippen LogP contribution in [0.5, 0.6) is 5.75 Å². The summed E-state index contributed by atoms with van der Waals surface area (Å²) in [5.41, 5.74) is 0.815. The van der Waals surface area contributed by atoms with Crippen LogP contribution in [0.3, 0.4) is 0 Å². The summed E-state index contributed by atoms with van der Waals surface area (Å²) in [6.45, 7) is 2.65. The molecule has 3 amide bonds. The first kappa shape index (κ1) is 27.9. The van der Waals surface area contributed by atoms with E-state index in [1.54, 1.807) is 41.3 Å². The van der Waals surface area contributed by atoms with Crippen molar-refractivity contribution < 1.29 is 27.5 Å². The lowest BCUT2D eigenvalue weighted by Gasteiger charge is -2.57. The molecule has 4 saturated carbocycles. The Morgan fingerprint density at radius 3 is 2.10 bits per heavy atom. The van der Waals surface area contributed by atoms with Crippen molar-refractivity contribution in [3.63, 3.8) is 0 Å². The van der Waals surface area contributed by atoms with E-state index in [1.165, 1.54) is 36.3 Å². The lowest BCUT2D eigenvalue weighted by atomic mass is 9.49. The molecule has 2 aromatic carbocycles. The van der Waals surface area contributed by atoms with Crippen molar-refractivity contribution in [3.05, 3.63) is 54.1 Å². The molecule has 9 nitrogen and oxygen atoms in total. The second-order valence-electron chi connectivity index (χ2n) is 12.3. The Kier molecular flexibility index (Phi) is 7.18. The molecule has 10 heteroatoms. The molecule has 1 atom stereocenters. The van der Waals surface area contributed by atoms with Crippen LogP contribution in [0.4, 0.5) is 5.69 Å². The molecule has 2 aromatic rings. The average Bonchev–Trinajstić information content (AvgIpc) is 3.21. The summed E-state index contributed by atoms with van der Waals surface area (Å²) in [5.74, 6) is 1.60. The third kappa shape index (κ3) is 5.28. The van der Waals surface area contributed by atoms with Crippen LogP contribution in [0.25, 0.3) is 0 Å². The van der Waals surface area contributed by atoms with E-state index in [4.69, 9.17) is 9.88 Å². The molecule has 0 radical (unpaired) electrons. The summed E-state index contributed by atoms with van der Waals surface area (Å²) in [4.78, 5) is 44.5. The van der Waals surface area contributed by atoms with Gasteiger partial charge >= 0.3 is 0 Å². The first-order valence-corrected chi connectivity index (χ1v) is 16.1. The molecule has 4 aliphatic carbocycles. The van der Waals surface area contributed by atoms with Crippen molar-refractivity contribution in [1.29, 1.82) is 0 Å². The zero-order chi connectivity index (χ0) is 28.9. The van der Waals surface area contributed by atoms with Gasteiger partial charge in [-0.05, 0) is 112 Å². The van der Waals surface area contributed by atoms with Gasteiger partial charge in [-0.2, -0.15) is 0 Å². The van der Waals surface area contributed by atoms with Gasteiger partial charge in [-0.3, -0.25) is 14.4 Å². The maximum Gasteiger partial charge on any atom is 0.257 e. The monoisotopic (exact) mass is 579 g/mol. The van der Waals surface area contributed by atoms with E-state index in [1.807, 2.05) is 6.92 Å². The van der Waals surface area contributed by atoms with Crippen molar-refractivity contribution in [1.82, 2.24) is 4.90 Å². The minimum Gasteiger partial charge on any atom is -0.494 e. The lowest BCUT2D eigenvalue weighted by molar-refractivity contribution is -0.161. The number of hydrogen-bond donors (Lipinski definition) is 1. The number of primary sulfonamides is 1. The van der Waals surface area contributed by atoms with Crippen LogP contribution in [0.2, 0.25) is 0 Å². The molecule has 2 N–H and O–H groups in total. The Hall–Kier alpha value is -3.24. The van der Waals surface area contributed by atoms with Crippen molar-refractivity contribution in [3.8, 4) is 5.75 Å². The molecule has 4 bridgehead atoms. The van der Waals surface area contributed by atoms with Crippen LogP contribution in [0.1, 0.15) is 57.4 Å². The predicted octanol–water partition coefficient (Wildman–Crippen LogP) is 3.65. The minimum absolute atomic E-state index is 0.00236. The maximum atomic E-state index is 14.5. The van der Waals surface area contributed by atoms with Crippen molar-refractivity contribution >= 4 is 33.4 Å². The molecule has 41 heavy (non-hydrogen) atoms. The second kappa shape index (κ2) is 10.5. The van der Waals surface area contributed by atoms with Crippen LogP contribution in [0.15, 0.2) is 53.4 Å². The van der Waals surface area contributed by atoms with Gasteiger partial charge < -0.3 is 9.64 Å². The molecule has 1 heterocycles. The first-order chi connectivity index (χ1) is 19.6. The highest BCUT2D eigenvalue weighted by molar-refractivity contribution is 7.89. The Labute approximate surface area is 241 Å². The Morgan fingerprint density at radius 1 is 0.976 bits per heavy atom. The lowest BCUT2D eigenvalue weighted by Crippen LogP contribution is -2.58. The predicted molar refractivity (Wildman–Crippen MR) is 152 cm³/mol. The van der Waals surface area contributed by atoms with Crippen LogP contribution in [-0.2, 0) is 30.8 Å². The van der Waals surface area contributed by atoms with Gasteiger partial charge in [-0.25, -0.2) is 18.5 Å². The van der Waals surface area contributed by atoms with Gasteiger partial charge in [0.25, 0.3) is 5.91 Å². The van der Waals surface area contributed by atoms with Crippen LogP contribution >= 0.6 is 0 Å². The summed E-state index contributed by atoms with van der Waals surface area (Å²) < 4.78 is 28.9. The molecule has 1 aliphatic heterocycles. The molecule has 5 aliphatic rings. The molecule has 7 rings (SSSR count). The number of amides is 3. The first-order valence-electron chi connectivity index (χ1n) is 14.6. The van der Waals surface area contributed by atoms with Gasteiger partial charge in [0.05, 0.1) is 29.0 Å². The van der Waals surface area contributed by atoms with Gasteiger partial charge in [0, 0.05) is 6.54 Å². The fraction of sp³-hybridized carbons (Fsp3) is 0.516. The van der Waals surface area contributed by atoms with E-state index >= 15 is 0 Å². The number of carbonyl (C=O) groups excluding carboxylic acids is 3. The summed E-state index contributed by atoms with van der Waals surface area (Å²) in [7, 11) is -3.82. The number of rotatable bonds is 9. The minimum atomic E-state index is -3.82. The van der Waals surface area contributed by atoms with Gasteiger partial charge in [0.1, 0.15) is 11.8 Å². The number of sulfonamides is 1. The van der Waals surface area contributed by atoms with E-state index in [9.17, 15) is 22.8 Å². The number of carbonyl (C=O) groups is 3. The maximum absolute atomic E-state index is 14.5. The second-order valence-corrected chi connectivity index (χ2v) is 13.9. The fourth-order valence-corrected chi connectivity index (χ4v) is 8.68. The normalized spacial score (nSPS) is 28.8. The van der Waals surface area contributed by atoms with E-state index in [0.717, 1.165) is 24.8 Å². The molecule has 5 fully saturated rings. The third-order valence-corrected chi connectivity index (χ3v) is 10.5. The molecular formula is C31H37N3O6S. The molecule has 1 unspecified atom stereocenters. The summed E-state index contributed by atoms with van der Waals surface area (Å²) in [5, 5.41) is 5.25. The highest BCUT2D eigenvalue weighted by atomic mass is 32.2. The third-order valence-electron chi connectivity index (χ3n) is 9.55. The van der Waals surface area contributed by atoms with Crippen molar-refractivity contribution in [2.24, 2.45) is 28.3 Å². The zero-order valence-electron chi connectivity index (χ0n) is 23.3. The highest BCUT2D eigenvalue weighted by Gasteiger charge is 2.57. The largest absolute Gasteiger partial charge is 0.494 e. The number of imide groups is 1. The van der Waals surface area contributed by atoms with Gasteiger partial charge in [-0.1, -0.05) is 12.1 Å². The zero-order valence-corrected chi connectivity index (χ0v) is 24.1. The quantitative estimate of drug-likeness (QED) is 0.452. The standard InChI is InChI=1S/C31H37N3O6S/c1-2-40-25-7-5-24(6-8-25)34-28(35)16-27(29(34)36)33(12-11-20-3-9-26(10-4-20)41(32,38)39)30(37)31-17-21-13-22(18-31)15-23(14-21)19-31/h3-10,21-23,27H,2,11-19H2,1H3,(H2,32,38,39). The number of anilines is 1. The van der Waals surface area contributed by atoms with Crippen LogP contribution < -0.4 is 14.8 Å². The summed E-state index contributed by atoms with van der Waals surface area (Å²) in [6.07, 6.45) is 6.50. The van der Waals surface area contributed by atoms with E-state index in [-0.39, 0.29) is 35.6 Å². The topological polar surface area (TPSA) is 127 Å². The number of ether oxygens (including phenoxy) is 1. The SMILES string of the molecule is CCOc1ccc(N2C(=O)CC(N(CCc3ccc(S(N)(=O)=O)cc3)C(=O)C34CC5CC(CC(C5)C3)C4)C2=O)cc1. The number of nitrogens with zero attached hydrogens (tertiary/aromatic N) is 2. The highest BCUT2D eigenvalue weighted by Crippen LogP contribution is 2.60. The van der Waals surface area contributed by atoms with Crippen molar-refractivity contribution in [2.75, 3.05) is 18.1 Å². The Balaban J connectivity index is 1.28. The van der Waals surface area contributed by atoms with Gasteiger partial charge in [0.15, 0.2) is 0 Å². The molecular weight excluding hydrogens is 542 g/mol. The van der Waals surface area contributed by atoms with E-state index in [2.05, 4.69) is 0 Å². The summed E-state index contributed by atoms with van der Waals surface area (Å²) in [6, 6.07) is 12.2. The van der Waals surface area contributed by atoms with Gasteiger partial charge in [0.2, 0.25) is 21.8 Å². The Bertz CT molecular complexity index is 1420. The van der Waals surface area contributed by atoms with Gasteiger partial charge in [-0.15, -0.1) is 0 Å². The number of hydrogen-bond acceptors (Lipinski definition) is 6. The number of benzene rings is 2. The van der Waals surface area contributed by atoms with Crippen LogP contribution in [0, 0.1) is 23.2 Å². The van der Waals surface area contributed by atoms with Crippen molar-refractivity contribution in [2.45, 2.75) is 69.2 Å². The van der Waals surface area contributed by atoms with E-state index < -0.39 is 21.5 Å². The van der Waals surface area contributed by atoms with Crippen LogP contribution in [-0.4, -0.2) is 50.2 Å². The molecule has 218 valence electrons. The molecule has 0 aromatic heterocycles. The summed E-state index contributed by atoms with van der Waals surface area (Å²) >= 11 is 0. The molecule has 1 saturated heterocycles. The smallest absolute Gasteiger partial charge is 0.257 e. The average molecular weight is 580 g/mol. The Morgan fingerprint density at radius 2 is 1.56 bits per heavy atom. The molecule has 0 spiro atoms.